The molecule has 0 saturated carbocycles. The third kappa shape index (κ3) is 3.43. The molecule has 6 heteroatoms. The van der Waals surface area contributed by atoms with E-state index in [0.29, 0.717) is 17.1 Å². The summed E-state index contributed by atoms with van der Waals surface area (Å²) in [5.41, 5.74) is 0.564. The maximum absolute atomic E-state index is 11.9. The highest BCUT2D eigenvalue weighted by molar-refractivity contribution is 14.1. The lowest BCUT2D eigenvalue weighted by molar-refractivity contribution is 0.0951. The summed E-state index contributed by atoms with van der Waals surface area (Å²) in [7, 11) is 0. The van der Waals surface area contributed by atoms with Crippen molar-refractivity contribution in [3.8, 4) is 0 Å². The van der Waals surface area contributed by atoms with Crippen LogP contribution < -0.4 is 5.32 Å². The second-order valence-corrected chi connectivity index (χ2v) is 6.56. The van der Waals surface area contributed by atoms with Crippen LogP contribution in [0.25, 0.3) is 0 Å². The zero-order valence-corrected chi connectivity index (χ0v) is 13.3. The van der Waals surface area contributed by atoms with Crippen LogP contribution >= 0.6 is 45.5 Å². The van der Waals surface area contributed by atoms with Gasteiger partial charge in [0.1, 0.15) is 5.01 Å². The minimum Gasteiger partial charge on any atom is -0.346 e. The number of benzene rings is 1. The molecule has 2 aromatic rings. The Balaban J connectivity index is 2.01. The Hall–Kier alpha value is -0.660. The van der Waals surface area contributed by atoms with Gasteiger partial charge in [-0.3, -0.25) is 4.79 Å². The van der Waals surface area contributed by atoms with Gasteiger partial charge in [-0.25, -0.2) is 4.98 Å². The summed E-state index contributed by atoms with van der Waals surface area (Å²) in [6.07, 6.45) is 1.80. The molecular formula is C12H10ClIN2OS. The van der Waals surface area contributed by atoms with Crippen LogP contribution in [-0.2, 0) is 6.54 Å². The van der Waals surface area contributed by atoms with Crippen LogP contribution in [0.5, 0.6) is 0 Å². The lowest BCUT2D eigenvalue weighted by atomic mass is 10.2. The molecule has 1 aromatic carbocycles. The molecule has 0 aliphatic carbocycles. The van der Waals surface area contributed by atoms with Crippen LogP contribution in [-0.4, -0.2) is 10.9 Å². The van der Waals surface area contributed by atoms with Crippen LogP contribution in [0.1, 0.15) is 20.2 Å². The Morgan fingerprint density at radius 2 is 2.33 bits per heavy atom. The fraction of sp³-hybridized carbons (Fsp3) is 0.167. The second-order valence-electron chi connectivity index (χ2n) is 3.68. The van der Waals surface area contributed by atoms with Gasteiger partial charge in [-0.2, -0.15) is 0 Å². The summed E-state index contributed by atoms with van der Waals surface area (Å²) in [5.74, 6) is -0.138. The first-order chi connectivity index (χ1) is 8.56. The Morgan fingerprint density at radius 3 is 2.94 bits per heavy atom. The molecule has 0 aliphatic rings. The van der Waals surface area contributed by atoms with Crippen LogP contribution in [0.3, 0.4) is 0 Å². The van der Waals surface area contributed by atoms with Gasteiger partial charge in [0.25, 0.3) is 5.91 Å². The zero-order chi connectivity index (χ0) is 13.1. The Bertz CT molecular complexity index is 585. The Labute approximate surface area is 128 Å². The number of nitrogens with one attached hydrogen (secondary N) is 1. The summed E-state index contributed by atoms with van der Waals surface area (Å²) >= 11 is 9.68. The molecule has 2 rings (SSSR count). The first kappa shape index (κ1) is 13.8. The SMILES string of the molecule is Cc1cnc(CNC(=O)c2ccc(I)c(Cl)c2)s1. The normalized spacial score (nSPS) is 10.4. The van der Waals surface area contributed by atoms with Crippen molar-refractivity contribution in [3.05, 3.63) is 48.4 Å². The fourth-order valence-electron chi connectivity index (χ4n) is 1.38. The molecule has 3 nitrogen and oxygen atoms in total. The van der Waals surface area contributed by atoms with Crippen molar-refractivity contribution in [2.45, 2.75) is 13.5 Å². The number of hydrogen-bond acceptors (Lipinski definition) is 3. The smallest absolute Gasteiger partial charge is 0.251 e. The fourth-order valence-corrected chi connectivity index (χ4v) is 2.62. The summed E-state index contributed by atoms with van der Waals surface area (Å²) in [6, 6.07) is 5.26. The highest BCUT2D eigenvalue weighted by atomic mass is 127. The van der Waals surface area contributed by atoms with E-state index < -0.39 is 0 Å². The number of thiazole rings is 1. The zero-order valence-electron chi connectivity index (χ0n) is 9.54. The van der Waals surface area contributed by atoms with Gasteiger partial charge >= 0.3 is 0 Å². The van der Waals surface area contributed by atoms with E-state index in [1.165, 1.54) is 0 Å². The quantitative estimate of drug-likeness (QED) is 0.810. The number of rotatable bonds is 3. The molecule has 18 heavy (non-hydrogen) atoms. The first-order valence-electron chi connectivity index (χ1n) is 5.21. The number of hydrogen-bond donors (Lipinski definition) is 1. The van der Waals surface area contributed by atoms with E-state index in [0.717, 1.165) is 13.5 Å². The molecule has 1 heterocycles. The van der Waals surface area contributed by atoms with E-state index in [1.807, 2.05) is 13.0 Å². The van der Waals surface area contributed by atoms with Gasteiger partial charge in [0.2, 0.25) is 0 Å². The van der Waals surface area contributed by atoms with E-state index in [9.17, 15) is 4.79 Å². The molecule has 1 aromatic heterocycles. The van der Waals surface area contributed by atoms with Gasteiger partial charge in [-0.05, 0) is 47.7 Å². The summed E-state index contributed by atoms with van der Waals surface area (Å²) in [6.45, 7) is 2.43. The third-order valence-electron chi connectivity index (χ3n) is 2.25. The predicted molar refractivity (Wildman–Crippen MR) is 82.2 cm³/mol. The highest BCUT2D eigenvalue weighted by Crippen LogP contribution is 2.19. The lowest BCUT2D eigenvalue weighted by Gasteiger charge is -2.04. The van der Waals surface area contributed by atoms with Crippen molar-refractivity contribution < 1.29 is 4.79 Å². The van der Waals surface area contributed by atoms with Gasteiger partial charge in [0.05, 0.1) is 11.6 Å². The average Bonchev–Trinajstić information content (AvgIpc) is 2.75. The number of nitrogens with zero attached hydrogens (tertiary/aromatic N) is 1. The summed E-state index contributed by atoms with van der Waals surface area (Å²) < 4.78 is 0.932. The molecule has 1 amide bonds. The van der Waals surface area contributed by atoms with Crippen molar-refractivity contribution >= 4 is 51.4 Å². The summed E-state index contributed by atoms with van der Waals surface area (Å²) in [5, 5.41) is 4.31. The number of carbonyl (C=O) groups excluding carboxylic acids is 1. The van der Waals surface area contributed by atoms with Crippen molar-refractivity contribution in [1.82, 2.24) is 10.3 Å². The minimum atomic E-state index is -0.138. The summed E-state index contributed by atoms with van der Waals surface area (Å²) in [4.78, 5) is 17.2. The second kappa shape index (κ2) is 5.99. The average molecular weight is 393 g/mol. The number of amides is 1. The van der Waals surface area contributed by atoms with E-state index in [4.69, 9.17) is 11.6 Å². The van der Waals surface area contributed by atoms with Crippen LogP contribution in [0.15, 0.2) is 24.4 Å². The van der Waals surface area contributed by atoms with Crippen LogP contribution in [0.4, 0.5) is 0 Å². The lowest BCUT2D eigenvalue weighted by Crippen LogP contribution is -2.22. The van der Waals surface area contributed by atoms with Crippen molar-refractivity contribution in [2.75, 3.05) is 0 Å². The van der Waals surface area contributed by atoms with Gasteiger partial charge in [-0.1, -0.05) is 11.6 Å². The van der Waals surface area contributed by atoms with E-state index in [1.54, 1.807) is 29.7 Å². The number of carbonyl (C=O) groups is 1. The monoisotopic (exact) mass is 392 g/mol. The molecule has 0 unspecified atom stereocenters. The molecule has 0 spiro atoms. The minimum absolute atomic E-state index is 0.138. The van der Waals surface area contributed by atoms with Gasteiger partial charge in [0, 0.05) is 20.2 Å². The van der Waals surface area contributed by atoms with Crippen LogP contribution in [0, 0.1) is 10.5 Å². The van der Waals surface area contributed by atoms with Gasteiger partial charge < -0.3 is 5.32 Å². The number of halogens is 2. The van der Waals surface area contributed by atoms with Crippen molar-refractivity contribution in [2.24, 2.45) is 0 Å². The first-order valence-corrected chi connectivity index (χ1v) is 7.48. The largest absolute Gasteiger partial charge is 0.346 e. The predicted octanol–water partition coefficient (Wildman–Crippen LogP) is 3.64. The molecule has 0 bridgehead atoms. The van der Waals surface area contributed by atoms with E-state index in [-0.39, 0.29) is 5.91 Å². The topological polar surface area (TPSA) is 42.0 Å². The Kier molecular flexibility index (Phi) is 4.58. The third-order valence-corrected chi connectivity index (χ3v) is 4.74. The van der Waals surface area contributed by atoms with Crippen molar-refractivity contribution in [3.63, 3.8) is 0 Å². The number of aryl methyl sites for hydroxylation is 1. The van der Waals surface area contributed by atoms with E-state index >= 15 is 0 Å². The maximum Gasteiger partial charge on any atom is 0.251 e. The van der Waals surface area contributed by atoms with Crippen LogP contribution in [0.2, 0.25) is 5.02 Å². The van der Waals surface area contributed by atoms with Crippen molar-refractivity contribution in [1.29, 1.82) is 0 Å². The molecule has 0 aliphatic heterocycles. The van der Waals surface area contributed by atoms with E-state index in [2.05, 4.69) is 32.9 Å². The highest BCUT2D eigenvalue weighted by Gasteiger charge is 2.08. The molecule has 0 radical (unpaired) electrons. The standard InChI is InChI=1S/C12H10ClIN2OS/c1-7-5-15-11(18-7)6-16-12(17)8-2-3-10(14)9(13)4-8/h2-5H,6H2,1H3,(H,16,17). The Morgan fingerprint density at radius 1 is 1.56 bits per heavy atom. The molecule has 0 saturated heterocycles. The molecule has 0 fully saturated rings. The van der Waals surface area contributed by atoms with Gasteiger partial charge in [0.15, 0.2) is 0 Å². The molecular weight excluding hydrogens is 383 g/mol. The van der Waals surface area contributed by atoms with Gasteiger partial charge in [-0.15, -0.1) is 11.3 Å². The maximum atomic E-state index is 11.9. The number of aromatic nitrogens is 1. The molecule has 0 atom stereocenters. The molecule has 1 N–H and O–H groups in total. The molecule has 94 valence electrons.